The number of halogens is 1. The topological polar surface area (TPSA) is 67.9 Å². The summed E-state index contributed by atoms with van der Waals surface area (Å²) >= 11 is 5.89. The smallest absolute Gasteiger partial charge is 0.262 e. The van der Waals surface area contributed by atoms with Gasteiger partial charge in [-0.15, -0.1) is 10.2 Å². The average Bonchev–Trinajstić information content (AvgIpc) is 2.20. The second kappa shape index (κ2) is 4.57. The Kier molecular flexibility index (Phi) is 3.59. The van der Waals surface area contributed by atoms with E-state index in [1.807, 2.05) is 6.92 Å². The van der Waals surface area contributed by atoms with Crippen molar-refractivity contribution < 1.29 is 4.92 Å². The third-order valence-electron chi connectivity index (χ3n) is 2.01. The average molecular weight is 242 g/mol. The first-order chi connectivity index (χ1) is 7.33. The maximum Gasteiger partial charge on any atom is 0.324 e. The van der Waals surface area contributed by atoms with Crippen molar-refractivity contribution in [3.8, 4) is 0 Å². The van der Waals surface area contributed by atoms with Gasteiger partial charge in [0, 0.05) is 18.9 Å². The van der Waals surface area contributed by atoms with Gasteiger partial charge in [-0.1, -0.05) is 17.7 Å². The molecule has 1 rings (SSSR count). The number of aryl methyl sites for hydroxylation is 1. The van der Waals surface area contributed by atoms with Crippen LogP contribution in [-0.4, -0.2) is 10.6 Å². The van der Waals surface area contributed by atoms with Crippen LogP contribution in [0.3, 0.4) is 0 Å². The molecule has 6 heteroatoms. The van der Waals surface area contributed by atoms with Gasteiger partial charge < -0.3 is 0 Å². The molecule has 0 radical (unpaired) electrons. The lowest BCUT2D eigenvalue weighted by molar-refractivity contribution is -0.559. The fraction of sp³-hybridized carbons (Fsp3) is 0.400. The highest BCUT2D eigenvalue weighted by Gasteiger charge is 2.29. The van der Waals surface area contributed by atoms with E-state index in [1.54, 1.807) is 18.2 Å². The van der Waals surface area contributed by atoms with Crippen LogP contribution >= 0.6 is 11.6 Å². The molecule has 86 valence electrons. The van der Waals surface area contributed by atoms with E-state index in [4.69, 9.17) is 11.6 Å². The minimum atomic E-state index is -1.42. The van der Waals surface area contributed by atoms with E-state index in [9.17, 15) is 10.1 Å². The fourth-order valence-electron chi connectivity index (χ4n) is 0.861. The standard InChI is InChI=1S/C10H12ClN3O2/c1-7-4-5-8(6-9(7)11)12-13-10(2,3)14(15)16/h4-6H,1-3H3. The summed E-state index contributed by atoms with van der Waals surface area (Å²) in [4.78, 5) is 10.1. The zero-order valence-corrected chi connectivity index (χ0v) is 10.0. The van der Waals surface area contributed by atoms with Gasteiger partial charge in [-0.2, -0.15) is 0 Å². The van der Waals surface area contributed by atoms with Crippen molar-refractivity contribution in [2.45, 2.75) is 26.4 Å². The highest BCUT2D eigenvalue weighted by atomic mass is 35.5. The van der Waals surface area contributed by atoms with E-state index in [-0.39, 0.29) is 0 Å². The lowest BCUT2D eigenvalue weighted by Crippen LogP contribution is -2.27. The Morgan fingerprint density at radius 1 is 1.44 bits per heavy atom. The Morgan fingerprint density at radius 3 is 2.56 bits per heavy atom. The molecule has 16 heavy (non-hydrogen) atoms. The van der Waals surface area contributed by atoms with E-state index in [2.05, 4.69) is 10.2 Å². The molecule has 0 fully saturated rings. The monoisotopic (exact) mass is 241 g/mol. The Labute approximate surface area is 98.3 Å². The molecule has 0 atom stereocenters. The summed E-state index contributed by atoms with van der Waals surface area (Å²) in [6.07, 6.45) is 0. The molecule has 0 heterocycles. The second-order valence-electron chi connectivity index (χ2n) is 3.89. The number of rotatable bonds is 3. The van der Waals surface area contributed by atoms with Gasteiger partial charge in [0.1, 0.15) is 0 Å². The van der Waals surface area contributed by atoms with Crippen molar-refractivity contribution in [1.82, 2.24) is 0 Å². The maximum absolute atomic E-state index is 10.6. The third kappa shape index (κ3) is 3.00. The molecule has 0 saturated heterocycles. The lowest BCUT2D eigenvalue weighted by Gasteiger charge is -2.07. The Morgan fingerprint density at radius 2 is 2.06 bits per heavy atom. The molecule has 0 spiro atoms. The Hall–Kier alpha value is -1.49. The first kappa shape index (κ1) is 12.6. The molecule has 5 nitrogen and oxygen atoms in total. The van der Waals surface area contributed by atoms with E-state index in [0.717, 1.165) is 5.56 Å². The lowest BCUT2D eigenvalue weighted by atomic mass is 10.2. The van der Waals surface area contributed by atoms with Crippen LogP contribution in [-0.2, 0) is 0 Å². The van der Waals surface area contributed by atoms with Crippen LogP contribution in [0.1, 0.15) is 19.4 Å². The summed E-state index contributed by atoms with van der Waals surface area (Å²) in [5.74, 6) is 0. The number of nitro groups is 1. The quantitative estimate of drug-likeness (QED) is 0.459. The molecule has 0 N–H and O–H groups in total. The van der Waals surface area contributed by atoms with Gasteiger partial charge in [-0.05, 0) is 24.6 Å². The van der Waals surface area contributed by atoms with Crippen molar-refractivity contribution >= 4 is 17.3 Å². The second-order valence-corrected chi connectivity index (χ2v) is 4.29. The van der Waals surface area contributed by atoms with Crippen LogP contribution in [0.15, 0.2) is 28.4 Å². The van der Waals surface area contributed by atoms with Crippen molar-refractivity contribution in [2.75, 3.05) is 0 Å². The highest BCUT2D eigenvalue weighted by Crippen LogP contribution is 2.23. The van der Waals surface area contributed by atoms with Crippen molar-refractivity contribution in [3.63, 3.8) is 0 Å². The molecule has 0 aliphatic carbocycles. The molecule has 0 unspecified atom stereocenters. The zero-order chi connectivity index (χ0) is 12.3. The first-order valence-corrected chi connectivity index (χ1v) is 5.04. The molecule has 0 amide bonds. The van der Waals surface area contributed by atoms with E-state index in [1.165, 1.54) is 13.8 Å². The summed E-state index contributed by atoms with van der Waals surface area (Å²) < 4.78 is 0. The number of hydrogen-bond acceptors (Lipinski definition) is 4. The maximum atomic E-state index is 10.6. The van der Waals surface area contributed by atoms with Crippen molar-refractivity contribution in [2.24, 2.45) is 10.2 Å². The largest absolute Gasteiger partial charge is 0.324 e. The highest BCUT2D eigenvalue weighted by molar-refractivity contribution is 6.31. The number of azo groups is 1. The summed E-state index contributed by atoms with van der Waals surface area (Å²) in [6.45, 7) is 4.63. The molecule has 0 bridgehead atoms. The third-order valence-corrected chi connectivity index (χ3v) is 2.42. The normalized spacial score (nSPS) is 12.0. The molecular formula is C10H12ClN3O2. The van der Waals surface area contributed by atoms with Crippen LogP contribution in [0, 0.1) is 17.0 Å². The Bertz CT molecular complexity index is 444. The van der Waals surface area contributed by atoms with Gasteiger partial charge in [0.25, 0.3) is 0 Å². The van der Waals surface area contributed by atoms with Crippen LogP contribution in [0.4, 0.5) is 5.69 Å². The number of hydrogen-bond donors (Lipinski definition) is 0. The predicted molar refractivity (Wildman–Crippen MR) is 61.8 cm³/mol. The van der Waals surface area contributed by atoms with Gasteiger partial charge in [-0.25, -0.2) is 0 Å². The van der Waals surface area contributed by atoms with Crippen LogP contribution in [0.5, 0.6) is 0 Å². The minimum absolute atomic E-state index is 0.494. The van der Waals surface area contributed by atoms with Crippen LogP contribution < -0.4 is 0 Å². The Balaban J connectivity index is 2.93. The molecule has 1 aromatic carbocycles. The van der Waals surface area contributed by atoms with Crippen molar-refractivity contribution in [3.05, 3.63) is 38.9 Å². The van der Waals surface area contributed by atoms with E-state index in [0.29, 0.717) is 10.7 Å². The van der Waals surface area contributed by atoms with E-state index < -0.39 is 10.6 Å². The SMILES string of the molecule is Cc1ccc(N=NC(C)(C)[N+](=O)[O-])cc1Cl. The summed E-state index contributed by atoms with van der Waals surface area (Å²) in [5.41, 5.74) is 0.0110. The molecular weight excluding hydrogens is 230 g/mol. The van der Waals surface area contributed by atoms with Crippen molar-refractivity contribution in [1.29, 1.82) is 0 Å². The van der Waals surface area contributed by atoms with Gasteiger partial charge in [0.15, 0.2) is 0 Å². The number of benzene rings is 1. The summed E-state index contributed by atoms with van der Waals surface area (Å²) in [7, 11) is 0. The molecule has 0 aliphatic heterocycles. The van der Waals surface area contributed by atoms with Gasteiger partial charge in [-0.3, -0.25) is 10.1 Å². The van der Waals surface area contributed by atoms with E-state index >= 15 is 0 Å². The molecule has 0 aromatic heterocycles. The molecule has 0 saturated carbocycles. The van der Waals surface area contributed by atoms with Gasteiger partial charge >= 0.3 is 5.66 Å². The van der Waals surface area contributed by atoms with Gasteiger partial charge in [0.05, 0.1) is 10.6 Å². The minimum Gasteiger partial charge on any atom is -0.262 e. The summed E-state index contributed by atoms with van der Waals surface area (Å²) in [6, 6.07) is 5.12. The first-order valence-electron chi connectivity index (χ1n) is 4.66. The summed E-state index contributed by atoms with van der Waals surface area (Å²) in [5, 5.41) is 18.6. The number of nitrogens with zero attached hydrogens (tertiary/aromatic N) is 3. The molecule has 1 aromatic rings. The predicted octanol–water partition coefficient (Wildman–Crippen LogP) is 3.74. The van der Waals surface area contributed by atoms with Crippen LogP contribution in [0.2, 0.25) is 5.02 Å². The van der Waals surface area contributed by atoms with Gasteiger partial charge in [0.2, 0.25) is 0 Å². The molecule has 0 aliphatic rings. The fourth-order valence-corrected chi connectivity index (χ4v) is 1.04. The zero-order valence-electron chi connectivity index (χ0n) is 9.27. The van der Waals surface area contributed by atoms with Crippen LogP contribution in [0.25, 0.3) is 0 Å².